The second kappa shape index (κ2) is 10.2. The van der Waals surface area contributed by atoms with Crippen LogP contribution < -0.4 is 0 Å². The third kappa shape index (κ3) is 5.22. The van der Waals surface area contributed by atoms with E-state index in [4.69, 9.17) is 21.1 Å². The molecule has 5 atom stereocenters. The first-order valence-corrected chi connectivity index (χ1v) is 8.48. The van der Waals surface area contributed by atoms with Gasteiger partial charge in [0.15, 0.2) is 6.29 Å². The van der Waals surface area contributed by atoms with Gasteiger partial charge in [0, 0.05) is 19.5 Å². The number of urea groups is 1. The first kappa shape index (κ1) is 22.0. The highest BCUT2D eigenvalue weighted by molar-refractivity contribution is 6.18. The van der Waals surface area contributed by atoms with Crippen molar-refractivity contribution in [1.29, 1.82) is 0 Å². The summed E-state index contributed by atoms with van der Waals surface area (Å²) in [5.74, 6) is -0.0458. The molecule has 0 spiro atoms. The standard InChI is InChI=1S/C14H26ClN3O7/c1-8(2)6-17(14(22)18(16-23)5-4-15)10-11(20)9(7-19)25-13(24-3)12(10)21/h8-13,19-21H,4-7H2,1-3H3/t9-,10-,11-,12-,13+/m1/s1. The van der Waals surface area contributed by atoms with Gasteiger partial charge in [-0.1, -0.05) is 13.8 Å². The van der Waals surface area contributed by atoms with Crippen molar-refractivity contribution in [2.24, 2.45) is 11.2 Å². The van der Waals surface area contributed by atoms with Gasteiger partial charge < -0.3 is 29.7 Å². The van der Waals surface area contributed by atoms with E-state index in [1.54, 1.807) is 0 Å². The van der Waals surface area contributed by atoms with Crippen molar-refractivity contribution in [2.45, 2.75) is 44.5 Å². The van der Waals surface area contributed by atoms with Crippen LogP contribution in [-0.4, -0.2) is 94.6 Å². The lowest BCUT2D eigenvalue weighted by atomic mass is 9.94. The molecule has 0 aromatic rings. The van der Waals surface area contributed by atoms with Gasteiger partial charge in [-0.25, -0.2) is 4.79 Å². The zero-order chi connectivity index (χ0) is 19.1. The van der Waals surface area contributed by atoms with Crippen LogP contribution in [0.15, 0.2) is 5.29 Å². The molecule has 25 heavy (non-hydrogen) atoms. The van der Waals surface area contributed by atoms with Gasteiger partial charge in [-0.05, 0) is 5.92 Å². The summed E-state index contributed by atoms with van der Waals surface area (Å²) in [5, 5.41) is 33.7. The first-order chi connectivity index (χ1) is 11.8. The Morgan fingerprint density at radius 3 is 2.44 bits per heavy atom. The summed E-state index contributed by atoms with van der Waals surface area (Å²) in [5.41, 5.74) is 0. The van der Waals surface area contributed by atoms with Crippen LogP contribution in [0.25, 0.3) is 0 Å². The zero-order valence-electron chi connectivity index (χ0n) is 14.5. The number of aliphatic hydroxyl groups excluding tert-OH is 3. The number of rotatable bonds is 8. The molecule has 0 aromatic heterocycles. The number of nitroso groups, excluding NO2 is 1. The molecule has 3 N–H and O–H groups in total. The lowest BCUT2D eigenvalue weighted by Crippen LogP contribution is -2.67. The molecule has 10 nitrogen and oxygen atoms in total. The van der Waals surface area contributed by atoms with Gasteiger partial charge >= 0.3 is 6.03 Å². The van der Waals surface area contributed by atoms with Crippen LogP contribution in [0, 0.1) is 10.8 Å². The van der Waals surface area contributed by atoms with Gasteiger partial charge in [-0.15, -0.1) is 16.5 Å². The van der Waals surface area contributed by atoms with Crippen LogP contribution in [0.3, 0.4) is 0 Å². The minimum Gasteiger partial charge on any atom is -0.394 e. The van der Waals surface area contributed by atoms with E-state index in [0.29, 0.717) is 5.01 Å². The van der Waals surface area contributed by atoms with Gasteiger partial charge in [0.1, 0.15) is 18.3 Å². The first-order valence-electron chi connectivity index (χ1n) is 7.94. The van der Waals surface area contributed by atoms with Gasteiger partial charge in [0.2, 0.25) is 0 Å². The average Bonchev–Trinajstić information content (AvgIpc) is 2.58. The number of carbonyl (C=O) groups is 1. The second-order valence-corrected chi connectivity index (χ2v) is 6.53. The lowest BCUT2D eigenvalue weighted by molar-refractivity contribution is -0.281. The van der Waals surface area contributed by atoms with Gasteiger partial charge in [0.05, 0.1) is 24.5 Å². The molecule has 0 aromatic carbocycles. The number of halogens is 1. The van der Waals surface area contributed by atoms with Crippen molar-refractivity contribution in [2.75, 3.05) is 32.7 Å². The number of methoxy groups -OCH3 is 1. The predicted octanol–water partition coefficient (Wildman–Crippen LogP) is -0.259. The third-order valence-corrected chi connectivity index (χ3v) is 4.03. The van der Waals surface area contributed by atoms with Crippen LogP contribution in [-0.2, 0) is 9.47 Å². The maximum Gasteiger partial charge on any atom is 0.343 e. The number of aliphatic hydroxyl groups is 3. The molecule has 1 saturated heterocycles. The predicted molar refractivity (Wildman–Crippen MR) is 88.7 cm³/mol. The van der Waals surface area contributed by atoms with Crippen molar-refractivity contribution in [3.05, 3.63) is 4.91 Å². The van der Waals surface area contributed by atoms with Crippen LogP contribution in [0.4, 0.5) is 4.79 Å². The number of nitrogens with zero attached hydrogens (tertiary/aromatic N) is 3. The fourth-order valence-electron chi connectivity index (χ4n) is 2.75. The summed E-state index contributed by atoms with van der Waals surface area (Å²) >= 11 is 5.58. The Kier molecular flexibility index (Phi) is 8.97. The molecule has 1 heterocycles. The largest absolute Gasteiger partial charge is 0.394 e. The quantitative estimate of drug-likeness (QED) is 0.299. The highest BCUT2D eigenvalue weighted by Gasteiger charge is 2.49. The Morgan fingerprint density at radius 2 is 2.00 bits per heavy atom. The van der Waals surface area contributed by atoms with Crippen molar-refractivity contribution in [3.8, 4) is 0 Å². The van der Waals surface area contributed by atoms with Crippen molar-refractivity contribution in [3.63, 3.8) is 0 Å². The summed E-state index contributed by atoms with van der Waals surface area (Å²) in [6, 6.07) is -1.97. The molecule has 2 amide bonds. The van der Waals surface area contributed by atoms with E-state index in [1.807, 2.05) is 13.8 Å². The third-order valence-electron chi connectivity index (χ3n) is 3.86. The lowest BCUT2D eigenvalue weighted by Gasteiger charge is -2.47. The minimum atomic E-state index is -1.39. The van der Waals surface area contributed by atoms with Crippen molar-refractivity contribution >= 4 is 17.6 Å². The summed E-state index contributed by atoms with van der Waals surface area (Å²) in [6.07, 6.45) is -5.00. The van der Waals surface area contributed by atoms with Gasteiger partial charge in [0.25, 0.3) is 0 Å². The maximum absolute atomic E-state index is 12.7. The summed E-state index contributed by atoms with van der Waals surface area (Å²) in [4.78, 5) is 24.8. The van der Waals surface area contributed by atoms with E-state index >= 15 is 0 Å². The number of carbonyl (C=O) groups excluding carboxylic acids is 1. The second-order valence-electron chi connectivity index (χ2n) is 6.16. The van der Waals surface area contributed by atoms with E-state index in [0.717, 1.165) is 4.90 Å². The Bertz CT molecular complexity index is 427. The van der Waals surface area contributed by atoms with Crippen LogP contribution in [0.5, 0.6) is 0 Å². The minimum absolute atomic E-state index is 0.00809. The summed E-state index contributed by atoms with van der Waals surface area (Å²) < 4.78 is 10.3. The number of ether oxygens (including phenoxy) is 2. The van der Waals surface area contributed by atoms with Crippen LogP contribution in [0.2, 0.25) is 0 Å². The molecule has 1 rings (SSSR count). The van der Waals surface area contributed by atoms with E-state index in [-0.39, 0.29) is 24.9 Å². The summed E-state index contributed by atoms with van der Waals surface area (Å²) in [6.45, 7) is 3.13. The fraction of sp³-hybridized carbons (Fsp3) is 0.929. The Labute approximate surface area is 151 Å². The molecule has 0 bridgehead atoms. The molecule has 0 saturated carbocycles. The summed E-state index contributed by atoms with van der Waals surface area (Å²) in [7, 11) is 1.29. The SMILES string of the molecule is CO[C@H]1O[C@H](CO)[C@@H](O)[C@@H](N(CC(C)C)C(=O)N(CCCl)N=O)[C@H]1O. The molecule has 146 valence electrons. The van der Waals surface area contributed by atoms with Crippen LogP contribution in [0.1, 0.15) is 13.8 Å². The normalized spacial score (nSPS) is 29.5. The molecule has 1 aliphatic heterocycles. The number of hydrogen-bond donors (Lipinski definition) is 3. The highest BCUT2D eigenvalue weighted by Crippen LogP contribution is 2.27. The monoisotopic (exact) mass is 383 g/mol. The molecule has 0 aliphatic carbocycles. The zero-order valence-corrected chi connectivity index (χ0v) is 15.2. The van der Waals surface area contributed by atoms with E-state index in [2.05, 4.69) is 5.29 Å². The topological polar surface area (TPSA) is 132 Å². The molecule has 1 aliphatic rings. The van der Waals surface area contributed by atoms with Gasteiger partial charge in [-0.2, -0.15) is 5.01 Å². The molecular formula is C14H26ClN3O7. The van der Waals surface area contributed by atoms with Gasteiger partial charge in [-0.3, -0.25) is 0 Å². The molecular weight excluding hydrogens is 358 g/mol. The Morgan fingerprint density at radius 1 is 1.36 bits per heavy atom. The fourth-order valence-corrected chi connectivity index (χ4v) is 2.91. The Balaban J connectivity index is 3.20. The number of amides is 2. The van der Waals surface area contributed by atoms with E-state index < -0.39 is 43.3 Å². The van der Waals surface area contributed by atoms with Crippen molar-refractivity contribution < 1.29 is 29.6 Å². The van der Waals surface area contributed by atoms with Crippen LogP contribution >= 0.6 is 11.6 Å². The van der Waals surface area contributed by atoms with E-state index in [1.165, 1.54) is 7.11 Å². The average molecular weight is 384 g/mol. The number of hydrogen-bond acceptors (Lipinski definition) is 8. The Hall–Kier alpha value is -1.04. The number of alkyl halides is 1. The highest BCUT2D eigenvalue weighted by atomic mass is 35.5. The molecule has 0 unspecified atom stereocenters. The molecule has 11 heteroatoms. The van der Waals surface area contributed by atoms with Crippen molar-refractivity contribution in [1.82, 2.24) is 9.91 Å². The maximum atomic E-state index is 12.7. The molecule has 1 fully saturated rings. The smallest absolute Gasteiger partial charge is 0.343 e. The molecule has 0 radical (unpaired) electrons. The van der Waals surface area contributed by atoms with E-state index in [9.17, 15) is 25.0 Å².